The Bertz CT molecular complexity index is 1510. The minimum absolute atomic E-state index is 0.0406. The standard InChI is InChI=1S/C18H16FN7O2S.C2HF3O2/c1-26(16-7-3-6-15-13(16)9-22-25-15)17-14(19)10-21-18(24-17)23-11-4-2-5-12(8-11)29(20,27)28;3-2(4,5)1(6)7/h2-10H,1H3,(H,22,25)(H2,20,27,28)(H,21,23,24);(H,6,7). The fourth-order valence-corrected chi connectivity index (χ4v) is 3.45. The predicted octanol–water partition coefficient (Wildman–Crippen LogP) is 3.28. The number of aliphatic carboxylic acids is 1. The number of halogens is 4. The fraction of sp³-hybridized carbons (Fsp3) is 0.100. The van der Waals surface area contributed by atoms with Gasteiger partial charge in [-0.15, -0.1) is 0 Å². The van der Waals surface area contributed by atoms with E-state index in [0.29, 0.717) is 11.4 Å². The van der Waals surface area contributed by atoms with Crippen molar-refractivity contribution in [2.24, 2.45) is 5.14 Å². The van der Waals surface area contributed by atoms with E-state index in [1.54, 1.807) is 24.2 Å². The van der Waals surface area contributed by atoms with E-state index >= 15 is 0 Å². The van der Waals surface area contributed by atoms with Gasteiger partial charge in [0.1, 0.15) is 0 Å². The van der Waals surface area contributed by atoms with E-state index in [0.717, 1.165) is 17.1 Å². The first kappa shape index (κ1) is 26.3. The van der Waals surface area contributed by atoms with Crippen LogP contribution in [0, 0.1) is 5.82 Å². The molecule has 2 heterocycles. The Kier molecular flexibility index (Phi) is 7.40. The Labute approximate surface area is 200 Å². The maximum atomic E-state index is 14.5. The average Bonchev–Trinajstić information content (AvgIpc) is 3.28. The number of hydrogen-bond acceptors (Lipinski definition) is 8. The molecule has 16 heteroatoms. The first-order valence-corrected chi connectivity index (χ1v) is 11.2. The van der Waals surface area contributed by atoms with Gasteiger partial charge in [-0.1, -0.05) is 12.1 Å². The van der Waals surface area contributed by atoms with Crippen LogP contribution >= 0.6 is 0 Å². The minimum atomic E-state index is -5.08. The van der Waals surface area contributed by atoms with Gasteiger partial charge in [0.05, 0.1) is 28.5 Å². The molecule has 190 valence electrons. The number of sulfonamides is 1. The van der Waals surface area contributed by atoms with E-state index in [1.165, 1.54) is 18.2 Å². The predicted molar refractivity (Wildman–Crippen MR) is 121 cm³/mol. The monoisotopic (exact) mass is 527 g/mol. The highest BCUT2D eigenvalue weighted by molar-refractivity contribution is 7.89. The molecule has 11 nitrogen and oxygen atoms in total. The van der Waals surface area contributed by atoms with Gasteiger partial charge in [0, 0.05) is 18.1 Å². The van der Waals surface area contributed by atoms with Crippen LogP contribution in [0.15, 0.2) is 59.8 Å². The minimum Gasteiger partial charge on any atom is -0.475 e. The third kappa shape index (κ3) is 6.22. The van der Waals surface area contributed by atoms with Crippen molar-refractivity contribution in [2.45, 2.75) is 11.1 Å². The van der Waals surface area contributed by atoms with E-state index in [9.17, 15) is 26.0 Å². The molecule has 0 aliphatic carbocycles. The first-order chi connectivity index (χ1) is 16.8. The summed E-state index contributed by atoms with van der Waals surface area (Å²) in [5.41, 5.74) is 1.91. The van der Waals surface area contributed by atoms with Crippen LogP contribution in [0.1, 0.15) is 0 Å². The Hall–Kier alpha value is -4.31. The number of carbonyl (C=O) groups is 1. The van der Waals surface area contributed by atoms with Crippen LogP contribution in [0.4, 0.5) is 40.7 Å². The Balaban J connectivity index is 0.000000454. The summed E-state index contributed by atoms with van der Waals surface area (Å²) in [6.45, 7) is 0. The maximum absolute atomic E-state index is 14.5. The van der Waals surface area contributed by atoms with Gasteiger partial charge in [-0.05, 0) is 30.3 Å². The molecular weight excluding hydrogens is 510 g/mol. The third-order valence-electron chi connectivity index (χ3n) is 4.53. The molecule has 4 aromatic rings. The summed E-state index contributed by atoms with van der Waals surface area (Å²) in [6, 6.07) is 11.4. The number of H-pyrrole nitrogens is 1. The first-order valence-electron chi connectivity index (χ1n) is 9.65. The van der Waals surface area contributed by atoms with Crippen molar-refractivity contribution < 1.29 is 35.9 Å². The number of aromatic nitrogens is 4. The van der Waals surface area contributed by atoms with E-state index < -0.39 is 28.0 Å². The number of alkyl halides is 3. The SMILES string of the molecule is CN(c1nc(Nc2cccc(S(N)(=O)=O)c2)ncc1F)c1cccc2[nH]ncc12.O=C(O)C(F)(F)F. The van der Waals surface area contributed by atoms with Crippen molar-refractivity contribution in [2.75, 3.05) is 17.3 Å². The van der Waals surface area contributed by atoms with E-state index in [-0.39, 0.29) is 16.7 Å². The van der Waals surface area contributed by atoms with Crippen LogP contribution in [0.5, 0.6) is 0 Å². The topological polar surface area (TPSA) is 167 Å². The quantitative estimate of drug-likeness (QED) is 0.285. The van der Waals surface area contributed by atoms with E-state index in [4.69, 9.17) is 15.0 Å². The second kappa shape index (κ2) is 10.1. The van der Waals surface area contributed by atoms with E-state index in [1.807, 2.05) is 18.2 Å². The highest BCUT2D eigenvalue weighted by Crippen LogP contribution is 2.31. The van der Waals surface area contributed by atoms with Gasteiger partial charge in [-0.25, -0.2) is 27.7 Å². The molecule has 0 amide bonds. The summed E-state index contributed by atoms with van der Waals surface area (Å²) in [5.74, 6) is -3.23. The van der Waals surface area contributed by atoms with Crippen molar-refractivity contribution >= 4 is 50.0 Å². The molecule has 0 saturated heterocycles. The second-order valence-electron chi connectivity index (χ2n) is 7.03. The summed E-state index contributed by atoms with van der Waals surface area (Å²) in [7, 11) is -2.18. The molecule has 36 heavy (non-hydrogen) atoms. The molecule has 2 aromatic carbocycles. The van der Waals surface area contributed by atoms with Gasteiger partial charge in [0.15, 0.2) is 11.6 Å². The number of anilines is 4. The zero-order valence-corrected chi connectivity index (χ0v) is 19.0. The molecule has 2 aromatic heterocycles. The average molecular weight is 527 g/mol. The molecule has 5 N–H and O–H groups in total. The van der Waals surface area contributed by atoms with Gasteiger partial charge in [0.2, 0.25) is 16.0 Å². The van der Waals surface area contributed by atoms with Gasteiger partial charge in [-0.2, -0.15) is 23.3 Å². The molecule has 0 unspecified atom stereocenters. The Morgan fingerprint density at radius 3 is 2.47 bits per heavy atom. The number of nitrogens with two attached hydrogens (primary N) is 1. The zero-order valence-electron chi connectivity index (χ0n) is 18.2. The second-order valence-corrected chi connectivity index (χ2v) is 8.59. The number of nitrogens with zero attached hydrogens (tertiary/aromatic N) is 4. The zero-order chi connectivity index (χ0) is 26.7. The van der Waals surface area contributed by atoms with Gasteiger partial charge in [0.25, 0.3) is 0 Å². The Morgan fingerprint density at radius 2 is 1.83 bits per heavy atom. The number of fused-ring (bicyclic) bond motifs is 1. The summed E-state index contributed by atoms with van der Waals surface area (Å²) in [5, 5.41) is 22.8. The number of hydrogen-bond donors (Lipinski definition) is 4. The number of aromatic amines is 1. The van der Waals surface area contributed by atoms with Gasteiger partial charge >= 0.3 is 12.1 Å². The van der Waals surface area contributed by atoms with Crippen molar-refractivity contribution in [3.8, 4) is 0 Å². The fourth-order valence-electron chi connectivity index (χ4n) is 2.89. The molecule has 0 bridgehead atoms. The molecule has 4 rings (SSSR count). The maximum Gasteiger partial charge on any atom is 0.490 e. The van der Waals surface area contributed by atoms with Crippen molar-refractivity contribution in [1.82, 2.24) is 20.2 Å². The lowest BCUT2D eigenvalue weighted by Crippen LogP contribution is -2.21. The molecule has 0 aliphatic rings. The van der Waals surface area contributed by atoms with Crippen LogP contribution < -0.4 is 15.4 Å². The van der Waals surface area contributed by atoms with Crippen LogP contribution in [0.2, 0.25) is 0 Å². The lowest BCUT2D eigenvalue weighted by molar-refractivity contribution is -0.192. The lowest BCUT2D eigenvalue weighted by Gasteiger charge is -2.20. The number of rotatable bonds is 5. The van der Waals surface area contributed by atoms with Gasteiger partial charge < -0.3 is 15.3 Å². The lowest BCUT2D eigenvalue weighted by atomic mass is 10.2. The molecule has 0 atom stereocenters. The van der Waals surface area contributed by atoms with Crippen molar-refractivity contribution in [1.29, 1.82) is 0 Å². The van der Waals surface area contributed by atoms with Gasteiger partial charge in [-0.3, -0.25) is 5.10 Å². The summed E-state index contributed by atoms with van der Waals surface area (Å²) < 4.78 is 69.3. The van der Waals surface area contributed by atoms with Crippen molar-refractivity contribution in [3.63, 3.8) is 0 Å². The number of primary sulfonamides is 1. The largest absolute Gasteiger partial charge is 0.490 e. The summed E-state index contributed by atoms with van der Waals surface area (Å²) in [6.07, 6.45) is -2.39. The molecule has 0 saturated carbocycles. The molecule has 0 fully saturated rings. The number of carboxylic acids is 1. The molecule has 0 aliphatic heterocycles. The van der Waals surface area contributed by atoms with E-state index in [2.05, 4.69) is 25.5 Å². The van der Waals surface area contributed by atoms with Crippen LogP contribution in [0.3, 0.4) is 0 Å². The third-order valence-corrected chi connectivity index (χ3v) is 5.44. The summed E-state index contributed by atoms with van der Waals surface area (Å²) >= 11 is 0. The van der Waals surface area contributed by atoms with Crippen LogP contribution in [-0.4, -0.2) is 52.9 Å². The number of nitrogens with one attached hydrogen (secondary N) is 2. The van der Waals surface area contributed by atoms with Crippen LogP contribution in [0.25, 0.3) is 10.9 Å². The normalized spacial score (nSPS) is 11.5. The van der Waals surface area contributed by atoms with Crippen LogP contribution in [-0.2, 0) is 14.8 Å². The highest BCUT2D eigenvalue weighted by Gasteiger charge is 2.38. The Morgan fingerprint density at radius 1 is 1.17 bits per heavy atom. The number of carboxylic acid groups (broad SMARTS) is 1. The number of benzene rings is 2. The highest BCUT2D eigenvalue weighted by atomic mass is 32.2. The molecule has 0 spiro atoms. The smallest absolute Gasteiger partial charge is 0.475 e. The summed E-state index contributed by atoms with van der Waals surface area (Å²) in [4.78, 5) is 18.6. The molecular formula is C20H17F4N7O4S. The van der Waals surface area contributed by atoms with Crippen molar-refractivity contribution in [3.05, 3.63) is 60.7 Å². The molecule has 0 radical (unpaired) electrons.